The maximum atomic E-state index is 12.7. The highest BCUT2D eigenvalue weighted by Gasteiger charge is 2.22. The van der Waals surface area contributed by atoms with Crippen LogP contribution in [-0.4, -0.2) is 35.5 Å². The van der Waals surface area contributed by atoms with Gasteiger partial charge in [0.2, 0.25) is 5.91 Å². The molecule has 8 nitrogen and oxygen atoms in total. The van der Waals surface area contributed by atoms with Crippen molar-refractivity contribution in [3.63, 3.8) is 0 Å². The van der Waals surface area contributed by atoms with E-state index in [1.54, 1.807) is 14.0 Å². The highest BCUT2D eigenvalue weighted by Crippen LogP contribution is 2.30. The molecule has 146 valence electrons. The molecule has 4 rings (SSSR count). The monoisotopic (exact) mass is 405 g/mol. The second-order valence-electron chi connectivity index (χ2n) is 6.87. The third kappa shape index (κ3) is 3.21. The summed E-state index contributed by atoms with van der Waals surface area (Å²) in [5.74, 6) is 0.146. The predicted molar refractivity (Wildman–Crippen MR) is 112 cm³/mol. The van der Waals surface area contributed by atoms with Crippen molar-refractivity contribution in [2.45, 2.75) is 31.2 Å². The Kier molecular flexibility index (Phi) is 4.72. The van der Waals surface area contributed by atoms with Gasteiger partial charge in [0.05, 0.1) is 17.0 Å². The number of carbonyl (C=O) groups is 1. The highest BCUT2D eigenvalue weighted by molar-refractivity contribution is 8.00. The molecule has 0 saturated carbocycles. The van der Waals surface area contributed by atoms with Crippen LogP contribution in [-0.2, 0) is 11.8 Å². The number of anilines is 1. The summed E-state index contributed by atoms with van der Waals surface area (Å²) in [7, 11) is 1.68. The summed E-state index contributed by atoms with van der Waals surface area (Å²) in [6, 6.07) is 10.2. The molecule has 0 spiro atoms. The number of amides is 1. The quantitative estimate of drug-likeness (QED) is 0.523. The fourth-order valence-corrected chi connectivity index (χ4v) is 4.16. The van der Waals surface area contributed by atoms with Crippen molar-refractivity contribution in [3.05, 3.63) is 47.2 Å². The van der Waals surface area contributed by atoms with Crippen LogP contribution in [0.4, 0.5) is 5.82 Å². The maximum Gasteiger partial charge on any atom is 0.238 e. The summed E-state index contributed by atoms with van der Waals surface area (Å²) in [5, 5.41) is 25.9. The Morgan fingerprint density at radius 2 is 2.07 bits per heavy atom. The molecular weight excluding hydrogens is 386 g/mol. The summed E-state index contributed by atoms with van der Waals surface area (Å²) in [6.45, 7) is 5.91. The van der Waals surface area contributed by atoms with Gasteiger partial charge in [0.1, 0.15) is 17.5 Å². The lowest BCUT2D eigenvalue weighted by Gasteiger charge is -2.13. The first kappa shape index (κ1) is 19.0. The molecule has 1 N–H and O–H groups in total. The molecule has 1 amide bonds. The first-order valence-electron chi connectivity index (χ1n) is 9.04. The van der Waals surface area contributed by atoms with E-state index in [0.29, 0.717) is 16.5 Å². The number of benzene rings is 1. The van der Waals surface area contributed by atoms with Gasteiger partial charge in [-0.1, -0.05) is 30.0 Å². The van der Waals surface area contributed by atoms with E-state index < -0.39 is 5.25 Å². The number of rotatable bonds is 4. The van der Waals surface area contributed by atoms with E-state index in [-0.39, 0.29) is 5.91 Å². The lowest BCUT2D eigenvalue weighted by atomic mass is 10.1. The van der Waals surface area contributed by atoms with Crippen molar-refractivity contribution in [1.29, 1.82) is 5.26 Å². The van der Waals surface area contributed by atoms with Crippen molar-refractivity contribution in [3.8, 4) is 6.07 Å². The van der Waals surface area contributed by atoms with Crippen LogP contribution in [0.2, 0.25) is 0 Å². The minimum absolute atomic E-state index is 0.236. The number of carbonyl (C=O) groups excluding carboxylic acids is 1. The molecular formula is C20H19N7OS. The number of hydrogen-bond acceptors (Lipinski definition) is 6. The number of aromatic nitrogens is 5. The van der Waals surface area contributed by atoms with E-state index in [1.807, 2.05) is 22.6 Å². The molecule has 0 aliphatic carbocycles. The number of para-hydroxylation sites is 1. The van der Waals surface area contributed by atoms with E-state index >= 15 is 0 Å². The van der Waals surface area contributed by atoms with Crippen molar-refractivity contribution in [2.75, 3.05) is 5.32 Å². The van der Waals surface area contributed by atoms with Gasteiger partial charge in [-0.2, -0.15) is 10.4 Å². The Morgan fingerprint density at radius 1 is 1.28 bits per heavy atom. The van der Waals surface area contributed by atoms with Gasteiger partial charge in [0.25, 0.3) is 0 Å². The molecule has 4 aromatic rings. The number of nitrogens with zero attached hydrogens (tertiary/aromatic N) is 6. The van der Waals surface area contributed by atoms with Gasteiger partial charge in [-0.15, -0.1) is 10.2 Å². The molecule has 0 radical (unpaired) electrons. The third-order valence-electron chi connectivity index (χ3n) is 4.84. The van der Waals surface area contributed by atoms with Gasteiger partial charge in [-0.05, 0) is 38.0 Å². The standard InChI is InChI=1S/C20H19N7OS/c1-11-6-5-7-15-12(2)8-16-24-25-20(27(16)17(11)15)29-13(3)19(28)23-18-14(9-21)10-22-26(18)4/h5-8,10,13H,1-4H3,(H,23,28). The summed E-state index contributed by atoms with van der Waals surface area (Å²) in [4.78, 5) is 12.7. The summed E-state index contributed by atoms with van der Waals surface area (Å²) in [5.41, 5.74) is 4.36. The van der Waals surface area contributed by atoms with Crippen LogP contribution >= 0.6 is 11.8 Å². The zero-order chi connectivity index (χ0) is 20.7. The highest BCUT2D eigenvalue weighted by atomic mass is 32.2. The first-order valence-corrected chi connectivity index (χ1v) is 9.92. The molecule has 0 saturated heterocycles. The van der Waals surface area contributed by atoms with Crippen LogP contribution in [0.5, 0.6) is 0 Å². The zero-order valence-corrected chi connectivity index (χ0v) is 17.3. The normalized spacial score (nSPS) is 12.2. The SMILES string of the molecule is Cc1cc2nnc(SC(C)C(=O)Nc3c(C#N)cnn3C)n2c2c(C)cccc12. The molecule has 0 bridgehead atoms. The molecule has 29 heavy (non-hydrogen) atoms. The predicted octanol–water partition coefficient (Wildman–Crippen LogP) is 3.22. The minimum Gasteiger partial charge on any atom is -0.309 e. The summed E-state index contributed by atoms with van der Waals surface area (Å²) >= 11 is 1.32. The molecule has 3 aromatic heterocycles. The molecule has 0 aliphatic rings. The molecule has 3 heterocycles. The van der Waals surface area contributed by atoms with Crippen molar-refractivity contribution in [2.24, 2.45) is 7.05 Å². The number of pyridine rings is 1. The van der Waals surface area contributed by atoms with E-state index in [2.05, 4.69) is 46.6 Å². The smallest absolute Gasteiger partial charge is 0.238 e. The largest absolute Gasteiger partial charge is 0.309 e. The Labute approximate surface area is 171 Å². The van der Waals surface area contributed by atoms with Gasteiger partial charge < -0.3 is 5.32 Å². The molecule has 9 heteroatoms. The van der Waals surface area contributed by atoms with E-state index in [0.717, 1.165) is 27.7 Å². The fourth-order valence-electron chi connectivity index (χ4n) is 3.30. The molecule has 1 aromatic carbocycles. The van der Waals surface area contributed by atoms with Crippen molar-refractivity contribution < 1.29 is 4.79 Å². The van der Waals surface area contributed by atoms with Crippen LogP contribution in [0.25, 0.3) is 16.6 Å². The zero-order valence-electron chi connectivity index (χ0n) is 16.5. The number of thioether (sulfide) groups is 1. The van der Waals surface area contributed by atoms with Crippen LogP contribution < -0.4 is 5.32 Å². The second-order valence-corrected chi connectivity index (χ2v) is 8.17. The Balaban J connectivity index is 1.68. The van der Waals surface area contributed by atoms with Gasteiger partial charge >= 0.3 is 0 Å². The Morgan fingerprint density at radius 3 is 2.83 bits per heavy atom. The number of aryl methyl sites for hydroxylation is 3. The van der Waals surface area contributed by atoms with Crippen molar-refractivity contribution in [1.82, 2.24) is 24.4 Å². The van der Waals surface area contributed by atoms with E-state index in [4.69, 9.17) is 0 Å². The topological polar surface area (TPSA) is 101 Å². The van der Waals surface area contributed by atoms with E-state index in [9.17, 15) is 10.1 Å². The first-order chi connectivity index (χ1) is 13.9. The fraction of sp³-hybridized carbons (Fsp3) is 0.250. The summed E-state index contributed by atoms with van der Waals surface area (Å²) < 4.78 is 3.47. The molecule has 1 unspecified atom stereocenters. The van der Waals surface area contributed by atoms with Crippen LogP contribution in [0.3, 0.4) is 0 Å². The number of nitriles is 1. The molecule has 0 aliphatic heterocycles. The van der Waals surface area contributed by atoms with Crippen LogP contribution in [0, 0.1) is 25.2 Å². The van der Waals surface area contributed by atoms with E-state index in [1.165, 1.54) is 22.6 Å². The molecule has 0 fully saturated rings. The lowest BCUT2D eigenvalue weighted by molar-refractivity contribution is -0.115. The molecule has 1 atom stereocenters. The number of nitrogens with one attached hydrogen (secondary N) is 1. The Bertz CT molecular complexity index is 1300. The van der Waals surface area contributed by atoms with Crippen LogP contribution in [0.15, 0.2) is 35.6 Å². The average Bonchev–Trinajstić information content (AvgIpc) is 3.25. The van der Waals surface area contributed by atoms with Gasteiger partial charge in [0.15, 0.2) is 10.8 Å². The van der Waals surface area contributed by atoms with Gasteiger partial charge in [-0.25, -0.2) is 0 Å². The lowest BCUT2D eigenvalue weighted by Crippen LogP contribution is -2.24. The average molecular weight is 405 g/mol. The second kappa shape index (κ2) is 7.22. The van der Waals surface area contributed by atoms with Crippen LogP contribution in [0.1, 0.15) is 23.6 Å². The third-order valence-corrected chi connectivity index (χ3v) is 5.89. The van der Waals surface area contributed by atoms with Gasteiger partial charge in [-0.3, -0.25) is 13.9 Å². The number of fused-ring (bicyclic) bond motifs is 3. The summed E-state index contributed by atoms with van der Waals surface area (Å²) in [6.07, 6.45) is 1.43. The maximum absolute atomic E-state index is 12.7. The Hall–Kier alpha value is -3.38. The minimum atomic E-state index is -0.454. The number of hydrogen-bond donors (Lipinski definition) is 1. The van der Waals surface area contributed by atoms with Crippen molar-refractivity contribution >= 4 is 40.0 Å². The van der Waals surface area contributed by atoms with Gasteiger partial charge in [0, 0.05) is 12.4 Å².